The Morgan fingerprint density at radius 2 is 1.89 bits per heavy atom. The molecule has 2 aromatic carbocycles. The van der Waals surface area contributed by atoms with Crippen molar-refractivity contribution in [3.05, 3.63) is 63.1 Å². The van der Waals surface area contributed by atoms with Gasteiger partial charge < -0.3 is 5.32 Å². The zero-order chi connectivity index (χ0) is 14.0. The van der Waals surface area contributed by atoms with Crippen LogP contribution in [0.2, 0.25) is 5.02 Å². The van der Waals surface area contributed by atoms with Gasteiger partial charge in [-0.15, -0.1) is 0 Å². The van der Waals surface area contributed by atoms with Crippen LogP contribution in [0, 0.1) is 11.6 Å². The van der Waals surface area contributed by atoms with Crippen molar-refractivity contribution < 1.29 is 13.6 Å². The van der Waals surface area contributed by atoms with Gasteiger partial charge in [0.25, 0.3) is 5.91 Å². The Labute approximate surface area is 121 Å². The maximum Gasteiger partial charge on any atom is 0.258 e. The van der Waals surface area contributed by atoms with Crippen molar-refractivity contribution >= 4 is 39.1 Å². The van der Waals surface area contributed by atoms with Crippen molar-refractivity contribution in [1.82, 2.24) is 0 Å². The summed E-state index contributed by atoms with van der Waals surface area (Å²) in [5.74, 6) is -1.83. The molecule has 1 amide bonds. The number of benzene rings is 2. The second kappa shape index (κ2) is 5.67. The van der Waals surface area contributed by atoms with Crippen LogP contribution < -0.4 is 5.32 Å². The third-order valence-corrected chi connectivity index (χ3v) is 3.16. The molecule has 0 saturated carbocycles. The lowest BCUT2D eigenvalue weighted by Gasteiger charge is -2.08. The van der Waals surface area contributed by atoms with Crippen molar-refractivity contribution in [1.29, 1.82) is 0 Å². The van der Waals surface area contributed by atoms with Crippen molar-refractivity contribution in [2.45, 2.75) is 0 Å². The predicted molar refractivity (Wildman–Crippen MR) is 73.5 cm³/mol. The highest BCUT2D eigenvalue weighted by molar-refractivity contribution is 9.10. The summed E-state index contributed by atoms with van der Waals surface area (Å²) >= 11 is 8.93. The molecule has 19 heavy (non-hydrogen) atoms. The van der Waals surface area contributed by atoms with Crippen LogP contribution in [0.15, 0.2) is 40.9 Å². The highest BCUT2D eigenvalue weighted by Crippen LogP contribution is 2.24. The topological polar surface area (TPSA) is 29.1 Å². The zero-order valence-electron chi connectivity index (χ0n) is 9.38. The summed E-state index contributed by atoms with van der Waals surface area (Å²) in [6.45, 7) is 0. The second-order valence-corrected chi connectivity index (χ2v) is 5.03. The molecular weight excluding hydrogens is 340 g/mol. The van der Waals surface area contributed by atoms with E-state index in [0.717, 1.165) is 12.1 Å². The third-order valence-electron chi connectivity index (χ3n) is 2.35. The summed E-state index contributed by atoms with van der Waals surface area (Å²) in [7, 11) is 0. The number of hydrogen-bond acceptors (Lipinski definition) is 1. The minimum Gasteiger partial charge on any atom is -0.321 e. The lowest BCUT2D eigenvalue weighted by molar-refractivity contribution is 0.102. The standard InChI is InChI=1S/C13H7BrClF2NO/c14-7-1-3-11(17)9(5-7)13(19)18-12-4-2-8(16)6-10(12)15/h1-6H,(H,18,19). The molecule has 0 spiro atoms. The molecule has 2 nitrogen and oxygen atoms in total. The van der Waals surface area contributed by atoms with Crippen LogP contribution in [0.4, 0.5) is 14.5 Å². The monoisotopic (exact) mass is 345 g/mol. The normalized spacial score (nSPS) is 10.3. The number of nitrogens with one attached hydrogen (secondary N) is 1. The largest absolute Gasteiger partial charge is 0.321 e. The number of carbonyl (C=O) groups excluding carboxylic acids is 1. The summed E-state index contributed by atoms with van der Waals surface area (Å²) < 4.78 is 26.9. The van der Waals surface area contributed by atoms with E-state index < -0.39 is 17.5 Å². The highest BCUT2D eigenvalue weighted by atomic mass is 79.9. The molecule has 6 heteroatoms. The molecule has 0 heterocycles. The molecule has 1 N–H and O–H groups in total. The quantitative estimate of drug-likeness (QED) is 0.844. The molecular formula is C13H7BrClF2NO. The van der Waals surface area contributed by atoms with Gasteiger partial charge in [-0.1, -0.05) is 27.5 Å². The molecule has 2 aromatic rings. The first-order valence-electron chi connectivity index (χ1n) is 5.19. The van der Waals surface area contributed by atoms with Crippen LogP contribution in [0.1, 0.15) is 10.4 Å². The van der Waals surface area contributed by atoms with Crippen molar-refractivity contribution in [2.75, 3.05) is 5.32 Å². The van der Waals surface area contributed by atoms with Crippen molar-refractivity contribution in [2.24, 2.45) is 0 Å². The Balaban J connectivity index is 2.28. The molecule has 0 aliphatic heterocycles. The van der Waals surface area contributed by atoms with E-state index in [0.29, 0.717) is 4.47 Å². The van der Waals surface area contributed by atoms with Gasteiger partial charge in [0, 0.05) is 4.47 Å². The first kappa shape index (κ1) is 14.0. The first-order chi connectivity index (χ1) is 8.97. The number of anilines is 1. The van der Waals surface area contributed by atoms with Gasteiger partial charge in [0.1, 0.15) is 11.6 Å². The fourth-order valence-electron chi connectivity index (χ4n) is 1.45. The summed E-state index contributed by atoms with van der Waals surface area (Å²) in [6.07, 6.45) is 0. The van der Waals surface area contributed by atoms with Gasteiger partial charge in [0.05, 0.1) is 16.3 Å². The fraction of sp³-hybridized carbons (Fsp3) is 0. The molecule has 0 aromatic heterocycles. The summed E-state index contributed by atoms with van der Waals surface area (Å²) in [5, 5.41) is 2.47. The molecule has 0 fully saturated rings. The van der Waals surface area contributed by atoms with Crippen molar-refractivity contribution in [3.63, 3.8) is 0 Å². The summed E-state index contributed by atoms with van der Waals surface area (Å²) in [5.41, 5.74) is 0.0854. The van der Waals surface area contributed by atoms with Gasteiger partial charge in [0.2, 0.25) is 0 Å². The van der Waals surface area contributed by atoms with Crippen LogP contribution in [-0.2, 0) is 0 Å². The Morgan fingerprint density at radius 3 is 2.58 bits per heavy atom. The van der Waals surface area contributed by atoms with Gasteiger partial charge in [0.15, 0.2) is 0 Å². The molecule has 0 bridgehead atoms. The molecule has 0 saturated heterocycles. The van der Waals surface area contributed by atoms with Crippen LogP contribution in [0.5, 0.6) is 0 Å². The number of hydrogen-bond donors (Lipinski definition) is 1. The molecule has 0 aliphatic carbocycles. The first-order valence-corrected chi connectivity index (χ1v) is 6.36. The molecule has 0 radical (unpaired) electrons. The number of rotatable bonds is 2. The van der Waals surface area contributed by atoms with Crippen LogP contribution in [0.3, 0.4) is 0 Å². The lowest BCUT2D eigenvalue weighted by atomic mass is 10.2. The van der Waals surface area contributed by atoms with E-state index in [2.05, 4.69) is 21.2 Å². The average Bonchev–Trinajstić information content (AvgIpc) is 2.35. The average molecular weight is 347 g/mol. The Bertz CT molecular complexity index is 649. The molecule has 98 valence electrons. The van der Waals surface area contributed by atoms with Crippen molar-refractivity contribution in [3.8, 4) is 0 Å². The summed E-state index contributed by atoms with van der Waals surface area (Å²) in [4.78, 5) is 11.9. The van der Waals surface area contributed by atoms with Crippen LogP contribution in [-0.4, -0.2) is 5.91 Å². The lowest BCUT2D eigenvalue weighted by Crippen LogP contribution is -2.14. The zero-order valence-corrected chi connectivity index (χ0v) is 11.7. The number of carbonyl (C=O) groups is 1. The third kappa shape index (κ3) is 3.30. The van der Waals surface area contributed by atoms with Gasteiger partial charge in [-0.25, -0.2) is 8.78 Å². The maximum atomic E-state index is 13.5. The van der Waals surface area contributed by atoms with E-state index in [4.69, 9.17) is 11.6 Å². The van der Waals surface area contributed by atoms with Gasteiger partial charge in [-0.2, -0.15) is 0 Å². The molecule has 2 rings (SSSR count). The van der Waals surface area contributed by atoms with E-state index in [1.54, 1.807) is 0 Å². The van der Waals surface area contributed by atoms with Crippen LogP contribution in [0.25, 0.3) is 0 Å². The Kier molecular flexibility index (Phi) is 4.17. The maximum absolute atomic E-state index is 13.5. The predicted octanol–water partition coefficient (Wildman–Crippen LogP) is 4.63. The minimum atomic E-state index is -0.660. The molecule has 0 atom stereocenters. The van der Waals surface area contributed by atoms with Crippen LogP contribution >= 0.6 is 27.5 Å². The van der Waals surface area contributed by atoms with Gasteiger partial charge >= 0.3 is 0 Å². The van der Waals surface area contributed by atoms with E-state index in [-0.39, 0.29) is 16.3 Å². The SMILES string of the molecule is O=C(Nc1ccc(F)cc1Cl)c1cc(Br)ccc1F. The van der Waals surface area contributed by atoms with Gasteiger partial charge in [-0.05, 0) is 36.4 Å². The van der Waals surface area contributed by atoms with E-state index in [1.165, 1.54) is 24.3 Å². The van der Waals surface area contributed by atoms with Gasteiger partial charge in [-0.3, -0.25) is 4.79 Å². The summed E-state index contributed by atoms with van der Waals surface area (Å²) in [6, 6.07) is 7.53. The van der Waals surface area contributed by atoms with E-state index >= 15 is 0 Å². The smallest absolute Gasteiger partial charge is 0.258 e. The minimum absolute atomic E-state index is 0.0451. The number of amides is 1. The Morgan fingerprint density at radius 1 is 1.16 bits per heavy atom. The Hall–Kier alpha value is -1.46. The number of halogens is 4. The second-order valence-electron chi connectivity index (χ2n) is 3.70. The molecule has 0 aliphatic rings. The highest BCUT2D eigenvalue weighted by Gasteiger charge is 2.14. The van der Waals surface area contributed by atoms with E-state index in [9.17, 15) is 13.6 Å². The van der Waals surface area contributed by atoms with E-state index in [1.807, 2.05) is 0 Å². The molecule has 0 unspecified atom stereocenters. The fourth-order valence-corrected chi connectivity index (χ4v) is 2.03.